The van der Waals surface area contributed by atoms with Crippen LogP contribution in [0.4, 0.5) is 0 Å². The van der Waals surface area contributed by atoms with Crippen LogP contribution in [0, 0.1) is 0 Å². The molecule has 3 nitrogen and oxygen atoms in total. The molecule has 0 aromatic heterocycles. The van der Waals surface area contributed by atoms with Crippen molar-refractivity contribution in [1.82, 2.24) is 0 Å². The fourth-order valence-corrected chi connectivity index (χ4v) is 2.53. The highest BCUT2D eigenvalue weighted by molar-refractivity contribution is 5.95. The van der Waals surface area contributed by atoms with Gasteiger partial charge in [-0.2, -0.15) is 0 Å². The van der Waals surface area contributed by atoms with Crippen molar-refractivity contribution in [3.05, 3.63) is 66.2 Å². The average Bonchev–Trinajstić information content (AvgIpc) is 2.60. The van der Waals surface area contributed by atoms with Gasteiger partial charge < -0.3 is 9.47 Å². The summed E-state index contributed by atoms with van der Waals surface area (Å²) in [5.74, 6) is 0.107. The molecule has 110 valence electrons. The van der Waals surface area contributed by atoms with Gasteiger partial charge in [0.1, 0.15) is 11.3 Å². The second-order valence-corrected chi connectivity index (χ2v) is 4.97. The van der Waals surface area contributed by atoms with Crippen molar-refractivity contribution >= 4 is 16.7 Å². The number of fused-ring (bicyclic) bond motifs is 1. The van der Waals surface area contributed by atoms with Crippen LogP contribution in [0.5, 0.6) is 5.75 Å². The number of carbonyl (C=O) groups is 1. The summed E-state index contributed by atoms with van der Waals surface area (Å²) in [6.45, 7) is 0. The van der Waals surface area contributed by atoms with Gasteiger partial charge in [-0.15, -0.1) is 0 Å². The lowest BCUT2D eigenvalue weighted by Gasteiger charge is -2.10. The zero-order valence-corrected chi connectivity index (χ0v) is 12.5. The topological polar surface area (TPSA) is 35.5 Å². The Morgan fingerprint density at radius 1 is 0.818 bits per heavy atom. The predicted molar refractivity (Wildman–Crippen MR) is 87.3 cm³/mol. The molecule has 3 aromatic carbocycles. The first-order valence-electron chi connectivity index (χ1n) is 6.98. The Bertz CT molecular complexity index is 837. The molecule has 0 amide bonds. The van der Waals surface area contributed by atoms with Crippen LogP contribution in [0.15, 0.2) is 60.7 Å². The number of methoxy groups -OCH3 is 2. The first kappa shape index (κ1) is 14.1. The Labute approximate surface area is 129 Å². The number of ether oxygens (including phenoxy) is 2. The smallest absolute Gasteiger partial charge is 0.341 e. The van der Waals surface area contributed by atoms with Gasteiger partial charge in [0.05, 0.1) is 14.2 Å². The lowest BCUT2D eigenvalue weighted by atomic mass is 9.99. The summed E-state index contributed by atoms with van der Waals surface area (Å²) in [5, 5.41) is 2.35. The SMILES string of the molecule is COC(=O)c1cc(-c2ccc3ccccc3c2)ccc1OC. The van der Waals surface area contributed by atoms with E-state index >= 15 is 0 Å². The lowest BCUT2D eigenvalue weighted by Crippen LogP contribution is -2.04. The van der Waals surface area contributed by atoms with Crippen LogP contribution in [-0.4, -0.2) is 20.2 Å². The van der Waals surface area contributed by atoms with Crippen molar-refractivity contribution < 1.29 is 14.3 Å². The molecule has 0 aliphatic carbocycles. The Morgan fingerprint density at radius 3 is 2.23 bits per heavy atom. The fraction of sp³-hybridized carbons (Fsp3) is 0.105. The summed E-state index contributed by atoms with van der Waals surface area (Å²) in [7, 11) is 2.90. The van der Waals surface area contributed by atoms with Crippen LogP contribution in [-0.2, 0) is 4.74 Å². The number of esters is 1. The minimum atomic E-state index is -0.403. The zero-order chi connectivity index (χ0) is 15.5. The van der Waals surface area contributed by atoms with Gasteiger partial charge in [-0.3, -0.25) is 0 Å². The molecule has 0 aliphatic rings. The number of benzene rings is 3. The molecule has 22 heavy (non-hydrogen) atoms. The van der Waals surface area contributed by atoms with E-state index in [4.69, 9.17) is 9.47 Å². The molecule has 0 bridgehead atoms. The third-order valence-electron chi connectivity index (χ3n) is 3.69. The van der Waals surface area contributed by atoms with Gasteiger partial charge in [0.15, 0.2) is 0 Å². The van der Waals surface area contributed by atoms with Crippen LogP contribution in [0.25, 0.3) is 21.9 Å². The van der Waals surface area contributed by atoms with Gasteiger partial charge >= 0.3 is 5.97 Å². The van der Waals surface area contributed by atoms with E-state index < -0.39 is 5.97 Å². The van der Waals surface area contributed by atoms with Crippen molar-refractivity contribution in [2.75, 3.05) is 14.2 Å². The van der Waals surface area contributed by atoms with Crippen molar-refractivity contribution in [2.45, 2.75) is 0 Å². The average molecular weight is 292 g/mol. The Morgan fingerprint density at radius 2 is 1.50 bits per heavy atom. The molecule has 0 fully saturated rings. The number of hydrogen-bond acceptors (Lipinski definition) is 3. The van der Waals surface area contributed by atoms with E-state index in [-0.39, 0.29) is 0 Å². The second kappa shape index (κ2) is 5.90. The molecule has 0 N–H and O–H groups in total. The molecule has 0 heterocycles. The molecule has 0 radical (unpaired) electrons. The molecular formula is C19H16O3. The largest absolute Gasteiger partial charge is 0.496 e. The first-order chi connectivity index (χ1) is 10.7. The summed E-state index contributed by atoms with van der Waals surface area (Å²) in [6.07, 6.45) is 0. The van der Waals surface area contributed by atoms with Gasteiger partial charge in [0.25, 0.3) is 0 Å². The monoisotopic (exact) mass is 292 g/mol. The Kier molecular flexibility index (Phi) is 3.79. The second-order valence-electron chi connectivity index (χ2n) is 4.97. The zero-order valence-electron chi connectivity index (χ0n) is 12.5. The third-order valence-corrected chi connectivity index (χ3v) is 3.69. The highest BCUT2D eigenvalue weighted by Crippen LogP contribution is 2.29. The predicted octanol–water partition coefficient (Wildman–Crippen LogP) is 4.30. The van der Waals surface area contributed by atoms with Crippen LogP contribution >= 0.6 is 0 Å². The standard InChI is InChI=1S/C19H16O3/c1-21-18-10-9-16(12-17(18)19(20)22-2)15-8-7-13-5-3-4-6-14(13)11-15/h3-12H,1-2H3. The van der Waals surface area contributed by atoms with Crippen LogP contribution < -0.4 is 4.74 Å². The molecule has 3 heteroatoms. The van der Waals surface area contributed by atoms with Gasteiger partial charge in [0.2, 0.25) is 0 Å². The van der Waals surface area contributed by atoms with E-state index in [1.165, 1.54) is 19.6 Å². The van der Waals surface area contributed by atoms with E-state index in [9.17, 15) is 4.79 Å². The van der Waals surface area contributed by atoms with E-state index in [1.807, 2.05) is 24.3 Å². The van der Waals surface area contributed by atoms with Crippen LogP contribution in [0.2, 0.25) is 0 Å². The highest BCUT2D eigenvalue weighted by Gasteiger charge is 2.14. The third kappa shape index (κ3) is 2.53. The molecule has 0 saturated heterocycles. The van der Waals surface area contributed by atoms with Crippen molar-refractivity contribution in [3.8, 4) is 16.9 Å². The summed E-state index contributed by atoms with van der Waals surface area (Å²) in [4.78, 5) is 11.9. The van der Waals surface area contributed by atoms with Crippen LogP contribution in [0.3, 0.4) is 0 Å². The first-order valence-corrected chi connectivity index (χ1v) is 6.98. The van der Waals surface area contributed by atoms with E-state index in [0.717, 1.165) is 16.5 Å². The molecule has 0 atom stereocenters. The number of rotatable bonds is 3. The molecule has 3 rings (SSSR count). The van der Waals surface area contributed by atoms with Crippen LogP contribution in [0.1, 0.15) is 10.4 Å². The summed E-state index contributed by atoms with van der Waals surface area (Å²) < 4.78 is 10.0. The number of carbonyl (C=O) groups excluding carboxylic acids is 1. The van der Waals surface area contributed by atoms with Crippen molar-refractivity contribution in [2.24, 2.45) is 0 Å². The van der Waals surface area contributed by atoms with Gasteiger partial charge in [-0.1, -0.05) is 42.5 Å². The quantitative estimate of drug-likeness (QED) is 0.675. The maximum atomic E-state index is 11.9. The van der Waals surface area contributed by atoms with Crippen molar-refractivity contribution in [3.63, 3.8) is 0 Å². The van der Waals surface area contributed by atoms with Gasteiger partial charge in [-0.25, -0.2) is 4.79 Å². The summed E-state index contributed by atoms with van der Waals surface area (Å²) >= 11 is 0. The Balaban J connectivity index is 2.11. The van der Waals surface area contributed by atoms with Gasteiger partial charge in [0, 0.05) is 0 Å². The summed E-state index contributed by atoms with van der Waals surface area (Å²) in [6, 6.07) is 19.9. The normalized spacial score (nSPS) is 10.5. The highest BCUT2D eigenvalue weighted by atomic mass is 16.5. The Hall–Kier alpha value is -2.81. The van der Waals surface area contributed by atoms with E-state index in [1.54, 1.807) is 12.1 Å². The fourth-order valence-electron chi connectivity index (χ4n) is 2.53. The molecule has 0 saturated carbocycles. The molecular weight excluding hydrogens is 276 g/mol. The molecule has 0 aliphatic heterocycles. The molecule has 0 spiro atoms. The molecule has 0 unspecified atom stereocenters. The van der Waals surface area contributed by atoms with Gasteiger partial charge in [-0.05, 0) is 40.1 Å². The lowest BCUT2D eigenvalue weighted by molar-refractivity contribution is 0.0597. The van der Waals surface area contributed by atoms with E-state index in [2.05, 4.69) is 24.3 Å². The maximum Gasteiger partial charge on any atom is 0.341 e. The minimum absolute atomic E-state index is 0.403. The minimum Gasteiger partial charge on any atom is -0.496 e. The maximum absolute atomic E-state index is 11.9. The summed E-state index contributed by atoms with van der Waals surface area (Å²) in [5.41, 5.74) is 2.43. The molecule has 3 aromatic rings. The number of hydrogen-bond donors (Lipinski definition) is 0. The van der Waals surface area contributed by atoms with E-state index in [0.29, 0.717) is 11.3 Å². The van der Waals surface area contributed by atoms with Crippen molar-refractivity contribution in [1.29, 1.82) is 0 Å².